The number of hydrogen-bond donors (Lipinski definition) is 2. The van der Waals surface area contributed by atoms with E-state index in [1.54, 1.807) is 25.1 Å². The first-order valence-corrected chi connectivity index (χ1v) is 9.53. The lowest BCUT2D eigenvalue weighted by molar-refractivity contribution is -0.384. The van der Waals surface area contributed by atoms with E-state index >= 15 is 0 Å². The maximum atomic E-state index is 13.3. The molecular formula is C21H24FN3O4. The number of benzene rings is 2. The minimum atomic E-state index is -0.492. The minimum absolute atomic E-state index is 0.0681. The number of hydrogen-bond acceptors (Lipinski definition) is 5. The lowest BCUT2D eigenvalue weighted by Gasteiger charge is -2.39. The largest absolute Gasteiger partial charge is 0.381 e. The molecule has 0 aromatic heterocycles. The summed E-state index contributed by atoms with van der Waals surface area (Å²) in [4.78, 5) is 22.8. The number of halogens is 1. The number of carbonyl (C=O) groups excluding carboxylic acids is 1. The van der Waals surface area contributed by atoms with Crippen molar-refractivity contribution in [3.05, 3.63) is 69.5 Å². The second-order valence-electron chi connectivity index (χ2n) is 7.18. The maximum absolute atomic E-state index is 13.3. The zero-order valence-corrected chi connectivity index (χ0v) is 16.2. The van der Waals surface area contributed by atoms with Gasteiger partial charge >= 0.3 is 0 Å². The van der Waals surface area contributed by atoms with Crippen LogP contribution < -0.4 is 10.6 Å². The molecule has 0 aliphatic carbocycles. The zero-order chi connectivity index (χ0) is 20.9. The van der Waals surface area contributed by atoms with Crippen molar-refractivity contribution in [3.8, 4) is 0 Å². The minimum Gasteiger partial charge on any atom is -0.381 e. The van der Waals surface area contributed by atoms with Crippen LogP contribution in [0.4, 0.5) is 15.8 Å². The molecule has 7 nitrogen and oxygen atoms in total. The lowest BCUT2D eigenvalue weighted by atomic mass is 9.82. The third-order valence-electron chi connectivity index (χ3n) is 5.26. The Kier molecular flexibility index (Phi) is 6.56. The Hall–Kier alpha value is -2.84. The van der Waals surface area contributed by atoms with Crippen molar-refractivity contribution < 1.29 is 18.8 Å². The van der Waals surface area contributed by atoms with Crippen LogP contribution in [0.2, 0.25) is 0 Å². The number of nitrogens with one attached hydrogen (secondary N) is 2. The first kappa shape index (κ1) is 20.9. The van der Waals surface area contributed by atoms with E-state index in [1.165, 1.54) is 24.3 Å². The van der Waals surface area contributed by atoms with E-state index in [4.69, 9.17) is 4.74 Å². The van der Waals surface area contributed by atoms with E-state index in [0.717, 1.165) is 24.0 Å². The van der Waals surface area contributed by atoms with Crippen molar-refractivity contribution >= 4 is 17.3 Å². The number of nitrogens with zero attached hydrogens (tertiary/aromatic N) is 1. The molecule has 1 saturated heterocycles. The number of nitro groups is 1. The van der Waals surface area contributed by atoms with Gasteiger partial charge in [-0.05, 0) is 43.0 Å². The molecule has 2 aromatic rings. The van der Waals surface area contributed by atoms with Gasteiger partial charge in [0.05, 0.1) is 10.6 Å². The number of amides is 1. The molecule has 1 amide bonds. The van der Waals surface area contributed by atoms with Crippen molar-refractivity contribution in [2.45, 2.75) is 31.7 Å². The van der Waals surface area contributed by atoms with Gasteiger partial charge in [0.15, 0.2) is 0 Å². The molecule has 0 saturated carbocycles. The fraction of sp³-hybridized carbons (Fsp3) is 0.381. The smallest absolute Gasteiger partial charge is 0.271 e. The van der Waals surface area contributed by atoms with Crippen LogP contribution in [-0.2, 0) is 15.1 Å². The Morgan fingerprint density at radius 2 is 1.90 bits per heavy atom. The normalized spacial score (nSPS) is 15.7. The van der Waals surface area contributed by atoms with E-state index < -0.39 is 4.92 Å². The first-order valence-electron chi connectivity index (χ1n) is 9.53. The van der Waals surface area contributed by atoms with Crippen LogP contribution >= 0.6 is 0 Å². The van der Waals surface area contributed by atoms with E-state index in [2.05, 4.69) is 10.6 Å². The Bertz CT molecular complexity index is 880. The monoisotopic (exact) mass is 401 g/mol. The Morgan fingerprint density at radius 3 is 2.55 bits per heavy atom. The van der Waals surface area contributed by atoms with Crippen molar-refractivity contribution in [1.29, 1.82) is 0 Å². The van der Waals surface area contributed by atoms with Gasteiger partial charge in [-0.3, -0.25) is 14.9 Å². The van der Waals surface area contributed by atoms with Crippen LogP contribution in [0.3, 0.4) is 0 Å². The van der Waals surface area contributed by atoms with Crippen molar-refractivity contribution in [2.24, 2.45) is 0 Å². The third-order valence-corrected chi connectivity index (χ3v) is 5.26. The summed E-state index contributed by atoms with van der Waals surface area (Å²) in [6.07, 6.45) is 1.65. The highest BCUT2D eigenvalue weighted by molar-refractivity contribution is 5.92. The predicted molar refractivity (Wildman–Crippen MR) is 107 cm³/mol. The number of carbonyl (C=O) groups is 1. The molecule has 29 heavy (non-hydrogen) atoms. The molecule has 0 bridgehead atoms. The highest BCUT2D eigenvalue weighted by atomic mass is 19.1. The molecule has 2 aromatic carbocycles. The second-order valence-corrected chi connectivity index (χ2v) is 7.18. The molecule has 0 radical (unpaired) electrons. The fourth-order valence-electron chi connectivity index (χ4n) is 3.54. The molecular weight excluding hydrogens is 377 g/mol. The van der Waals surface area contributed by atoms with Crippen LogP contribution in [-0.4, -0.2) is 30.6 Å². The highest BCUT2D eigenvalue weighted by Gasteiger charge is 2.33. The van der Waals surface area contributed by atoms with Crippen LogP contribution in [0, 0.1) is 22.9 Å². The summed E-state index contributed by atoms with van der Waals surface area (Å²) < 4.78 is 18.8. The summed E-state index contributed by atoms with van der Waals surface area (Å²) in [6, 6.07) is 10.8. The number of ether oxygens (including phenoxy) is 1. The second kappa shape index (κ2) is 9.11. The quantitative estimate of drug-likeness (QED) is 0.545. The third kappa shape index (κ3) is 5.16. The Morgan fingerprint density at radius 1 is 1.21 bits per heavy atom. The molecule has 2 N–H and O–H groups in total. The predicted octanol–water partition coefficient (Wildman–Crippen LogP) is 3.67. The van der Waals surface area contributed by atoms with Gasteiger partial charge in [-0.2, -0.15) is 0 Å². The molecule has 154 valence electrons. The maximum Gasteiger partial charge on any atom is 0.271 e. The van der Waals surface area contributed by atoms with Crippen LogP contribution in [0.1, 0.15) is 30.4 Å². The van der Waals surface area contributed by atoms with Gasteiger partial charge in [0.1, 0.15) is 5.82 Å². The van der Waals surface area contributed by atoms with Crippen LogP contribution in [0.5, 0.6) is 0 Å². The Labute approximate surface area is 168 Å². The number of rotatable bonds is 7. The molecule has 0 spiro atoms. The number of non-ortho nitro benzene ring substituents is 1. The topological polar surface area (TPSA) is 93.5 Å². The lowest BCUT2D eigenvalue weighted by Crippen LogP contribution is -2.47. The van der Waals surface area contributed by atoms with Crippen molar-refractivity contribution in [3.63, 3.8) is 0 Å². The van der Waals surface area contributed by atoms with Gasteiger partial charge < -0.3 is 15.4 Å². The van der Waals surface area contributed by atoms with Gasteiger partial charge in [0.25, 0.3) is 5.69 Å². The van der Waals surface area contributed by atoms with Gasteiger partial charge in [0.2, 0.25) is 5.91 Å². The molecule has 1 aliphatic rings. The van der Waals surface area contributed by atoms with E-state index in [0.29, 0.717) is 25.4 Å². The Balaban J connectivity index is 1.62. The van der Waals surface area contributed by atoms with Crippen LogP contribution in [0.25, 0.3) is 0 Å². The van der Waals surface area contributed by atoms with Gasteiger partial charge in [0, 0.05) is 43.9 Å². The molecule has 1 heterocycles. The van der Waals surface area contributed by atoms with Crippen LogP contribution in [0.15, 0.2) is 42.5 Å². The van der Waals surface area contributed by atoms with Crippen molar-refractivity contribution in [1.82, 2.24) is 5.32 Å². The summed E-state index contributed by atoms with van der Waals surface area (Å²) in [5.74, 6) is -0.523. The molecule has 8 heteroatoms. The molecule has 1 fully saturated rings. The standard InChI is InChI=1S/C21H24FN3O4/c1-15-2-7-18(25(27)28)14-19(15)24-20(26)8-11-23-21(9-12-29-13-10-21)16-3-5-17(22)6-4-16/h2-7,14,23H,8-13H2,1H3,(H,24,26). The highest BCUT2D eigenvalue weighted by Crippen LogP contribution is 2.32. The number of aryl methyl sites for hydroxylation is 1. The average Bonchev–Trinajstić information content (AvgIpc) is 2.70. The van der Waals surface area contributed by atoms with Gasteiger partial charge in [-0.15, -0.1) is 0 Å². The number of anilines is 1. The summed E-state index contributed by atoms with van der Waals surface area (Å²) in [5.41, 5.74) is 1.72. The van der Waals surface area contributed by atoms with Gasteiger partial charge in [-0.25, -0.2) is 4.39 Å². The first-order chi connectivity index (χ1) is 13.9. The molecule has 1 aliphatic heterocycles. The molecule has 3 rings (SSSR count). The average molecular weight is 401 g/mol. The SMILES string of the molecule is Cc1ccc([N+](=O)[O-])cc1NC(=O)CCNC1(c2ccc(F)cc2)CCOCC1. The summed E-state index contributed by atoms with van der Waals surface area (Å²) >= 11 is 0. The van der Waals surface area contributed by atoms with Crippen molar-refractivity contribution in [2.75, 3.05) is 25.1 Å². The zero-order valence-electron chi connectivity index (χ0n) is 16.2. The van der Waals surface area contributed by atoms with E-state index in [9.17, 15) is 19.3 Å². The summed E-state index contributed by atoms with van der Waals surface area (Å²) in [5, 5.41) is 17.1. The summed E-state index contributed by atoms with van der Waals surface area (Å²) in [6.45, 7) is 3.37. The summed E-state index contributed by atoms with van der Waals surface area (Å²) in [7, 11) is 0. The fourth-order valence-corrected chi connectivity index (χ4v) is 3.54. The van der Waals surface area contributed by atoms with Gasteiger partial charge in [-0.1, -0.05) is 18.2 Å². The molecule has 0 unspecified atom stereocenters. The van der Waals surface area contributed by atoms with E-state index in [-0.39, 0.29) is 29.4 Å². The van der Waals surface area contributed by atoms with E-state index in [1.807, 2.05) is 0 Å². The molecule has 0 atom stereocenters. The number of nitro benzene ring substituents is 1.